The third-order valence-electron chi connectivity index (χ3n) is 6.08. The zero-order valence-electron chi connectivity index (χ0n) is 18.3. The highest BCUT2D eigenvalue weighted by molar-refractivity contribution is 5.70. The maximum absolute atomic E-state index is 12.5. The summed E-state index contributed by atoms with van der Waals surface area (Å²) >= 11 is 0. The lowest BCUT2D eigenvalue weighted by atomic mass is 9.82. The Balaban J connectivity index is 1.37. The molecular weight excluding hydrogens is 390 g/mol. The number of allylic oxidation sites excluding steroid dienone is 3. The van der Waals surface area contributed by atoms with Crippen molar-refractivity contribution in [2.75, 3.05) is 32.1 Å². The number of aromatic nitrogens is 1. The number of carbonyl (C=O) groups is 1. The van der Waals surface area contributed by atoms with Crippen molar-refractivity contribution in [2.45, 2.75) is 38.1 Å². The van der Waals surface area contributed by atoms with Gasteiger partial charge in [-0.1, -0.05) is 31.2 Å². The fraction of sp³-hybridized carbons (Fsp3) is 0.400. The van der Waals surface area contributed by atoms with Gasteiger partial charge in [-0.3, -0.25) is 0 Å². The number of hydrogen-bond donors (Lipinski definition) is 1. The van der Waals surface area contributed by atoms with Gasteiger partial charge in [-0.15, -0.1) is 0 Å². The maximum Gasteiger partial charge on any atom is 0.409 e. The Morgan fingerprint density at radius 3 is 2.77 bits per heavy atom. The van der Waals surface area contributed by atoms with E-state index in [0.717, 1.165) is 42.8 Å². The second-order valence-electron chi connectivity index (χ2n) is 8.01. The molecule has 2 aliphatic heterocycles. The molecule has 0 unspecified atom stereocenters. The van der Waals surface area contributed by atoms with Crippen LogP contribution in [0.4, 0.5) is 10.5 Å². The minimum atomic E-state index is -0.219. The molecule has 1 saturated heterocycles. The van der Waals surface area contributed by atoms with E-state index in [1.54, 1.807) is 7.11 Å². The summed E-state index contributed by atoms with van der Waals surface area (Å²) in [5, 5.41) is 3.77. The number of carbonyl (C=O) groups excluding carboxylic acids is 1. The van der Waals surface area contributed by atoms with Gasteiger partial charge in [-0.2, -0.15) is 0 Å². The van der Waals surface area contributed by atoms with E-state index in [1.165, 1.54) is 5.69 Å². The molecule has 0 bridgehead atoms. The van der Waals surface area contributed by atoms with E-state index in [1.807, 2.05) is 29.2 Å². The van der Waals surface area contributed by atoms with Crippen LogP contribution < -0.4 is 10.1 Å². The Hall–Kier alpha value is -3.15. The lowest BCUT2D eigenvalue weighted by Crippen LogP contribution is -2.51. The number of nitrogens with zero attached hydrogens (tertiary/aromatic N) is 2. The van der Waals surface area contributed by atoms with E-state index < -0.39 is 0 Å². The molecule has 1 aromatic heterocycles. The first-order chi connectivity index (χ1) is 15.2. The Kier molecular flexibility index (Phi) is 6.35. The number of methoxy groups -OCH3 is 1. The quantitative estimate of drug-likeness (QED) is 0.511. The maximum atomic E-state index is 12.5. The largest absolute Gasteiger partial charge is 0.497 e. The molecule has 4 rings (SSSR count). The molecule has 3 heterocycles. The van der Waals surface area contributed by atoms with Gasteiger partial charge < -0.3 is 24.3 Å². The summed E-state index contributed by atoms with van der Waals surface area (Å²) in [7, 11) is 1.69. The highest BCUT2D eigenvalue weighted by Crippen LogP contribution is 2.44. The van der Waals surface area contributed by atoms with Gasteiger partial charge in [0.2, 0.25) is 0 Å². The van der Waals surface area contributed by atoms with E-state index in [2.05, 4.69) is 53.3 Å². The molecule has 164 valence electrons. The lowest BCUT2D eigenvalue weighted by Gasteiger charge is -2.46. The van der Waals surface area contributed by atoms with Gasteiger partial charge in [0.1, 0.15) is 5.75 Å². The lowest BCUT2D eigenvalue weighted by molar-refractivity contribution is 0.0859. The second kappa shape index (κ2) is 9.33. The van der Waals surface area contributed by atoms with Crippen molar-refractivity contribution in [2.24, 2.45) is 0 Å². The summed E-state index contributed by atoms with van der Waals surface area (Å²) in [6.07, 6.45) is 13.4. The second-order valence-corrected chi connectivity index (χ2v) is 8.01. The molecular formula is C25H31N3O3. The zero-order valence-corrected chi connectivity index (χ0v) is 18.3. The van der Waals surface area contributed by atoms with Crippen molar-refractivity contribution in [3.63, 3.8) is 0 Å². The monoisotopic (exact) mass is 421 g/mol. The highest BCUT2D eigenvalue weighted by atomic mass is 16.6. The van der Waals surface area contributed by atoms with E-state index in [0.29, 0.717) is 19.7 Å². The van der Waals surface area contributed by atoms with Crippen LogP contribution in [0.1, 0.15) is 38.3 Å². The molecule has 0 saturated carbocycles. The zero-order chi connectivity index (χ0) is 21.7. The summed E-state index contributed by atoms with van der Waals surface area (Å²) in [5.74, 6) is 0.838. The summed E-state index contributed by atoms with van der Waals surface area (Å²) in [6, 6.07) is 10.4. The number of hydrogen-bond acceptors (Lipinski definition) is 4. The number of ether oxygens (including phenoxy) is 2. The van der Waals surface area contributed by atoms with Crippen LogP contribution >= 0.6 is 0 Å². The van der Waals surface area contributed by atoms with Crippen LogP contribution in [-0.4, -0.2) is 42.4 Å². The summed E-state index contributed by atoms with van der Waals surface area (Å²) in [4.78, 5) is 14.3. The Morgan fingerprint density at radius 1 is 1.19 bits per heavy atom. The van der Waals surface area contributed by atoms with Crippen molar-refractivity contribution >= 4 is 11.8 Å². The van der Waals surface area contributed by atoms with E-state index in [9.17, 15) is 4.79 Å². The summed E-state index contributed by atoms with van der Waals surface area (Å²) in [5.41, 5.74) is 3.22. The van der Waals surface area contributed by atoms with Crippen molar-refractivity contribution in [3.05, 3.63) is 66.5 Å². The molecule has 0 radical (unpaired) electrons. The van der Waals surface area contributed by atoms with Gasteiger partial charge in [-0.25, -0.2) is 4.79 Å². The normalized spacial score (nSPS) is 16.9. The molecule has 1 N–H and O–H groups in total. The van der Waals surface area contributed by atoms with Gasteiger partial charge in [0.15, 0.2) is 0 Å². The van der Waals surface area contributed by atoms with Crippen molar-refractivity contribution in [1.29, 1.82) is 0 Å². The van der Waals surface area contributed by atoms with Crippen LogP contribution in [0.15, 0.2) is 60.8 Å². The van der Waals surface area contributed by atoms with Crippen LogP contribution in [0, 0.1) is 0 Å². The molecule has 6 nitrogen and oxygen atoms in total. The SMILES string of the molecule is CCC=CC=CCCOC(=O)N1CCC2(CC1)Nc1ccc(OC)cc1-n1cccc12. The smallest absolute Gasteiger partial charge is 0.409 e. The number of amides is 1. The first-order valence-corrected chi connectivity index (χ1v) is 11.0. The summed E-state index contributed by atoms with van der Waals surface area (Å²) < 4.78 is 13.1. The molecule has 1 amide bonds. The van der Waals surface area contributed by atoms with Gasteiger partial charge in [-0.05, 0) is 49.9 Å². The first kappa shape index (κ1) is 21.1. The fourth-order valence-corrected chi connectivity index (χ4v) is 4.39. The number of likely N-dealkylation sites (tertiary alicyclic amines) is 1. The topological polar surface area (TPSA) is 55.7 Å². The van der Waals surface area contributed by atoms with E-state index in [-0.39, 0.29) is 11.6 Å². The molecule has 2 aromatic rings. The Bertz CT molecular complexity index is 968. The van der Waals surface area contributed by atoms with Crippen molar-refractivity contribution in [1.82, 2.24) is 9.47 Å². The number of rotatable bonds is 6. The van der Waals surface area contributed by atoms with Crippen LogP contribution in [0.5, 0.6) is 5.75 Å². The average Bonchev–Trinajstić information content (AvgIpc) is 3.30. The number of benzene rings is 1. The molecule has 1 aromatic carbocycles. The number of nitrogens with one attached hydrogen (secondary N) is 1. The summed E-state index contributed by atoms with van der Waals surface area (Å²) in [6.45, 7) is 3.84. The molecule has 1 spiro atoms. The Labute approximate surface area is 184 Å². The van der Waals surface area contributed by atoms with Crippen molar-refractivity contribution in [3.8, 4) is 11.4 Å². The molecule has 0 atom stereocenters. The molecule has 1 fully saturated rings. The average molecular weight is 422 g/mol. The molecule has 6 heteroatoms. The third-order valence-corrected chi connectivity index (χ3v) is 6.08. The van der Waals surface area contributed by atoms with Crippen LogP contribution in [-0.2, 0) is 10.3 Å². The Morgan fingerprint density at radius 2 is 2.00 bits per heavy atom. The standard InChI is InChI=1S/C25H31N3O3/c1-3-4-5-6-7-8-18-31-24(29)27-16-13-25(14-17-27)23-10-9-15-28(23)22-19-20(30-2)11-12-21(22)26-25/h4-7,9-12,15,19,26H,3,8,13-14,16-18H2,1-2H3. The van der Waals surface area contributed by atoms with Gasteiger partial charge in [0, 0.05) is 31.0 Å². The predicted octanol–water partition coefficient (Wildman–Crippen LogP) is 5.25. The van der Waals surface area contributed by atoms with Crippen LogP contribution in [0.2, 0.25) is 0 Å². The van der Waals surface area contributed by atoms with E-state index in [4.69, 9.17) is 9.47 Å². The fourth-order valence-electron chi connectivity index (χ4n) is 4.39. The van der Waals surface area contributed by atoms with Crippen LogP contribution in [0.3, 0.4) is 0 Å². The minimum Gasteiger partial charge on any atom is -0.497 e. The minimum absolute atomic E-state index is 0.184. The predicted molar refractivity (Wildman–Crippen MR) is 123 cm³/mol. The third kappa shape index (κ3) is 4.33. The number of piperidine rings is 1. The highest BCUT2D eigenvalue weighted by Gasteiger charge is 2.42. The molecule has 0 aliphatic carbocycles. The molecule has 31 heavy (non-hydrogen) atoms. The van der Waals surface area contributed by atoms with Crippen molar-refractivity contribution < 1.29 is 14.3 Å². The van der Waals surface area contributed by atoms with Crippen LogP contribution in [0.25, 0.3) is 5.69 Å². The van der Waals surface area contributed by atoms with Gasteiger partial charge in [0.05, 0.1) is 30.6 Å². The van der Waals surface area contributed by atoms with Gasteiger partial charge in [0.25, 0.3) is 0 Å². The number of anilines is 1. The van der Waals surface area contributed by atoms with E-state index >= 15 is 0 Å². The van der Waals surface area contributed by atoms with Gasteiger partial charge >= 0.3 is 6.09 Å². The first-order valence-electron chi connectivity index (χ1n) is 11.0. The number of fused-ring (bicyclic) bond motifs is 4. The molecule has 2 aliphatic rings.